The Labute approximate surface area is 153 Å². The number of halogens is 4. The molecule has 1 rings (SSSR count). The summed E-state index contributed by atoms with van der Waals surface area (Å²) in [6.07, 6.45) is 2.51. The summed E-state index contributed by atoms with van der Waals surface area (Å²) in [6, 6.07) is 0. The fraction of sp³-hybridized carbons (Fsp3) is 0.846. The number of hydrogen-bond acceptors (Lipinski definition) is 3. The summed E-state index contributed by atoms with van der Waals surface area (Å²) in [7, 11) is 1.37. The van der Waals surface area contributed by atoms with Gasteiger partial charge in [0.1, 0.15) is 0 Å². The zero-order valence-corrected chi connectivity index (χ0v) is 17.7. The summed E-state index contributed by atoms with van der Waals surface area (Å²) in [4.78, 5) is 24.3. The largest absolute Gasteiger partial charge is 0.469 e. The molecule has 0 aliphatic heterocycles. The molecule has 0 aromatic heterocycles. The van der Waals surface area contributed by atoms with Crippen LogP contribution >= 0.6 is 63.7 Å². The van der Waals surface area contributed by atoms with Crippen molar-refractivity contribution in [2.24, 2.45) is 5.92 Å². The Morgan fingerprint density at radius 2 is 2.05 bits per heavy atom. The number of methoxy groups -OCH3 is 1. The molecular weight excluding hydrogens is 524 g/mol. The van der Waals surface area contributed by atoms with E-state index < -0.39 is 4.32 Å². The third-order valence-corrected chi connectivity index (χ3v) is 8.86. The van der Waals surface area contributed by atoms with Crippen LogP contribution in [0.1, 0.15) is 32.6 Å². The Morgan fingerprint density at radius 1 is 1.45 bits per heavy atom. The summed E-state index contributed by atoms with van der Waals surface area (Å²) in [5.74, 6) is -0.208. The Bertz CT molecular complexity index is 377. The zero-order chi connectivity index (χ0) is 15.5. The lowest BCUT2D eigenvalue weighted by atomic mass is 9.87. The van der Waals surface area contributed by atoms with Crippen LogP contribution in [0.4, 0.5) is 0 Å². The third kappa shape index (κ3) is 4.29. The molecule has 116 valence electrons. The van der Waals surface area contributed by atoms with E-state index in [1.165, 1.54) is 7.11 Å². The first-order valence-corrected chi connectivity index (χ1v) is 10.0. The van der Waals surface area contributed by atoms with Gasteiger partial charge in [0.2, 0.25) is 0 Å². The maximum atomic E-state index is 12.5. The van der Waals surface area contributed by atoms with Gasteiger partial charge in [-0.15, -0.1) is 0 Å². The third-order valence-electron chi connectivity index (χ3n) is 3.75. The number of ketones is 1. The lowest BCUT2D eigenvalue weighted by molar-refractivity contribution is -0.141. The second kappa shape index (κ2) is 8.06. The van der Waals surface area contributed by atoms with Crippen LogP contribution in [0.3, 0.4) is 0 Å². The fourth-order valence-corrected chi connectivity index (χ4v) is 6.12. The number of rotatable bonds is 6. The second-order valence-corrected chi connectivity index (χ2v) is 9.92. The van der Waals surface area contributed by atoms with Crippen molar-refractivity contribution in [1.29, 1.82) is 0 Å². The lowest BCUT2D eigenvalue weighted by Gasteiger charge is -2.31. The molecule has 0 amide bonds. The number of carbonyl (C=O) groups excluding carboxylic acids is 2. The van der Waals surface area contributed by atoms with E-state index in [0.717, 1.165) is 6.42 Å². The standard InChI is InChI=1S/C13H18Br4O3/c1-3-8(14)10(16)6-13(17)7(5-11(18)20-2)4-9(15)12(13)19/h7-10H,3-6H2,1-2H3/t7-,8+,9+,10-,13+/m1/s1. The van der Waals surface area contributed by atoms with E-state index >= 15 is 0 Å². The highest BCUT2D eigenvalue weighted by Crippen LogP contribution is 2.49. The van der Waals surface area contributed by atoms with Crippen molar-refractivity contribution < 1.29 is 14.3 Å². The van der Waals surface area contributed by atoms with Crippen molar-refractivity contribution in [3.63, 3.8) is 0 Å². The molecule has 20 heavy (non-hydrogen) atoms. The average Bonchev–Trinajstić information content (AvgIpc) is 2.62. The van der Waals surface area contributed by atoms with Crippen LogP contribution in [0.2, 0.25) is 0 Å². The van der Waals surface area contributed by atoms with E-state index in [1.807, 2.05) is 0 Å². The number of esters is 1. The van der Waals surface area contributed by atoms with Gasteiger partial charge < -0.3 is 4.74 Å². The van der Waals surface area contributed by atoms with Crippen LogP contribution in [-0.4, -0.2) is 37.7 Å². The number of Topliss-reactive ketones (excluding diaryl/α,β-unsaturated/α-hetero) is 1. The van der Waals surface area contributed by atoms with Crippen molar-refractivity contribution in [2.45, 2.75) is 51.4 Å². The van der Waals surface area contributed by atoms with Gasteiger partial charge in [-0.2, -0.15) is 0 Å². The number of ether oxygens (including phenoxy) is 1. The smallest absolute Gasteiger partial charge is 0.305 e. The number of carbonyl (C=O) groups is 2. The highest BCUT2D eigenvalue weighted by Gasteiger charge is 2.53. The molecule has 1 aliphatic rings. The van der Waals surface area contributed by atoms with Gasteiger partial charge in [0, 0.05) is 9.65 Å². The monoisotopic (exact) mass is 538 g/mol. The van der Waals surface area contributed by atoms with E-state index in [9.17, 15) is 9.59 Å². The van der Waals surface area contributed by atoms with Gasteiger partial charge in [0.25, 0.3) is 0 Å². The SMILES string of the molecule is CC[C@H](Br)[C@H](Br)C[C@@]1(Br)C(=O)[C@@H](Br)C[C@@H]1CC(=O)OC. The lowest BCUT2D eigenvalue weighted by Crippen LogP contribution is -2.40. The summed E-state index contributed by atoms with van der Waals surface area (Å²) < 4.78 is 4.07. The molecule has 0 spiro atoms. The molecule has 5 atom stereocenters. The number of alkyl halides is 4. The first kappa shape index (κ1) is 19.1. The predicted octanol–water partition coefficient (Wildman–Crippen LogP) is 4.36. The van der Waals surface area contributed by atoms with Crippen molar-refractivity contribution in [3.8, 4) is 0 Å². The van der Waals surface area contributed by atoms with Crippen molar-refractivity contribution in [1.82, 2.24) is 0 Å². The Hall–Kier alpha value is 1.06. The van der Waals surface area contributed by atoms with Gasteiger partial charge >= 0.3 is 5.97 Å². The van der Waals surface area contributed by atoms with Gasteiger partial charge in [-0.25, -0.2) is 0 Å². The Kier molecular flexibility index (Phi) is 7.70. The summed E-state index contributed by atoms with van der Waals surface area (Å²) >= 11 is 14.3. The van der Waals surface area contributed by atoms with Gasteiger partial charge in [0.15, 0.2) is 5.78 Å². The van der Waals surface area contributed by atoms with Crippen molar-refractivity contribution in [3.05, 3.63) is 0 Å². The number of hydrogen-bond donors (Lipinski definition) is 0. The van der Waals surface area contributed by atoms with Crippen LogP contribution in [0.5, 0.6) is 0 Å². The Morgan fingerprint density at radius 3 is 2.55 bits per heavy atom. The molecular formula is C13H18Br4O3. The molecule has 0 aromatic rings. The van der Waals surface area contributed by atoms with Crippen LogP contribution in [0, 0.1) is 5.92 Å². The minimum Gasteiger partial charge on any atom is -0.469 e. The van der Waals surface area contributed by atoms with Crippen LogP contribution in [-0.2, 0) is 14.3 Å². The van der Waals surface area contributed by atoms with Gasteiger partial charge in [0.05, 0.1) is 22.7 Å². The Balaban J connectivity index is 2.88. The molecule has 0 N–H and O–H groups in total. The molecule has 0 unspecified atom stereocenters. The second-order valence-electron chi connectivity index (χ2n) is 5.05. The first-order valence-electron chi connectivity index (χ1n) is 6.48. The van der Waals surface area contributed by atoms with Crippen molar-refractivity contribution >= 4 is 75.5 Å². The molecule has 0 radical (unpaired) electrons. The molecule has 0 bridgehead atoms. The molecule has 0 saturated heterocycles. The van der Waals surface area contributed by atoms with Crippen LogP contribution < -0.4 is 0 Å². The maximum absolute atomic E-state index is 12.5. The topological polar surface area (TPSA) is 43.4 Å². The van der Waals surface area contributed by atoms with E-state index in [2.05, 4.69) is 70.6 Å². The van der Waals surface area contributed by atoms with Crippen LogP contribution in [0.25, 0.3) is 0 Å². The highest BCUT2D eigenvalue weighted by atomic mass is 79.9. The molecule has 1 aliphatic carbocycles. The van der Waals surface area contributed by atoms with Gasteiger partial charge in [-0.05, 0) is 25.2 Å². The van der Waals surface area contributed by atoms with Crippen LogP contribution in [0.15, 0.2) is 0 Å². The molecule has 1 saturated carbocycles. The molecule has 7 heteroatoms. The van der Waals surface area contributed by atoms with E-state index in [4.69, 9.17) is 4.74 Å². The first-order chi connectivity index (χ1) is 9.26. The molecule has 0 aromatic carbocycles. The van der Waals surface area contributed by atoms with Crippen molar-refractivity contribution in [2.75, 3.05) is 7.11 Å². The average molecular weight is 542 g/mol. The fourth-order valence-electron chi connectivity index (χ4n) is 2.47. The maximum Gasteiger partial charge on any atom is 0.305 e. The van der Waals surface area contributed by atoms with E-state index in [1.54, 1.807) is 0 Å². The van der Waals surface area contributed by atoms with E-state index in [-0.39, 0.29) is 38.6 Å². The minimum absolute atomic E-state index is 0.0524. The molecule has 1 fully saturated rings. The zero-order valence-electron chi connectivity index (χ0n) is 11.4. The summed E-state index contributed by atoms with van der Waals surface area (Å²) in [5, 5.41) is 0. The quantitative estimate of drug-likeness (QED) is 0.371. The predicted molar refractivity (Wildman–Crippen MR) is 94.5 cm³/mol. The van der Waals surface area contributed by atoms with Gasteiger partial charge in [-0.1, -0.05) is 70.6 Å². The summed E-state index contributed by atoms with van der Waals surface area (Å²) in [6.45, 7) is 2.09. The molecule has 3 nitrogen and oxygen atoms in total. The minimum atomic E-state index is -0.676. The normalized spacial score (nSPS) is 33.0. The van der Waals surface area contributed by atoms with Gasteiger partial charge in [-0.3, -0.25) is 9.59 Å². The summed E-state index contributed by atoms with van der Waals surface area (Å²) in [5.41, 5.74) is 0. The highest BCUT2D eigenvalue weighted by molar-refractivity contribution is 9.12. The molecule has 0 heterocycles. The van der Waals surface area contributed by atoms with E-state index in [0.29, 0.717) is 12.8 Å².